The third kappa shape index (κ3) is 3.90. The van der Waals surface area contributed by atoms with Crippen LogP contribution in [0, 0.1) is 0 Å². The summed E-state index contributed by atoms with van der Waals surface area (Å²) in [7, 11) is 2.03. The summed E-state index contributed by atoms with van der Waals surface area (Å²) in [6.45, 7) is 2.81. The second-order valence-corrected chi connectivity index (χ2v) is 5.72. The van der Waals surface area contributed by atoms with Crippen LogP contribution in [0.25, 0.3) is 0 Å². The molecule has 0 amide bonds. The van der Waals surface area contributed by atoms with E-state index in [0.29, 0.717) is 6.54 Å². The Morgan fingerprint density at radius 2 is 1.91 bits per heavy atom. The van der Waals surface area contributed by atoms with Crippen LogP contribution in [-0.4, -0.2) is 9.55 Å². The molecule has 0 aliphatic carbocycles. The highest BCUT2D eigenvalue weighted by molar-refractivity contribution is 5.20. The zero-order chi connectivity index (χ0) is 16.1. The summed E-state index contributed by atoms with van der Waals surface area (Å²) < 4.78 is 7.86. The normalized spacial score (nSPS) is 12.4. The van der Waals surface area contributed by atoms with Crippen molar-refractivity contribution in [1.82, 2.24) is 14.9 Å². The first kappa shape index (κ1) is 15.6. The lowest BCUT2D eigenvalue weighted by Crippen LogP contribution is -2.24. The average molecular weight is 309 g/mol. The molecule has 2 aromatic heterocycles. The number of rotatable bonds is 7. The Morgan fingerprint density at radius 3 is 2.57 bits per heavy atom. The zero-order valence-corrected chi connectivity index (χ0v) is 13.7. The Hall–Kier alpha value is -2.33. The second-order valence-electron chi connectivity index (χ2n) is 5.72. The van der Waals surface area contributed by atoms with Gasteiger partial charge in [-0.25, -0.2) is 4.98 Å². The van der Waals surface area contributed by atoms with E-state index >= 15 is 0 Å². The summed E-state index contributed by atoms with van der Waals surface area (Å²) in [5.41, 5.74) is 1.26. The van der Waals surface area contributed by atoms with Crippen LogP contribution in [0.4, 0.5) is 0 Å². The summed E-state index contributed by atoms with van der Waals surface area (Å²) in [6.07, 6.45) is 5.60. The predicted molar refractivity (Wildman–Crippen MR) is 91.0 cm³/mol. The highest BCUT2D eigenvalue weighted by Crippen LogP contribution is 2.19. The molecule has 0 saturated heterocycles. The Bertz CT molecular complexity index is 730. The summed E-state index contributed by atoms with van der Waals surface area (Å²) in [6, 6.07) is 14.8. The molecule has 0 aliphatic heterocycles. The number of furan rings is 1. The van der Waals surface area contributed by atoms with Crippen LogP contribution in [0.3, 0.4) is 0 Å². The lowest BCUT2D eigenvalue weighted by Gasteiger charge is -2.18. The molecule has 0 unspecified atom stereocenters. The van der Waals surface area contributed by atoms with Gasteiger partial charge in [-0.3, -0.25) is 0 Å². The molecular weight excluding hydrogens is 286 g/mol. The lowest BCUT2D eigenvalue weighted by atomic mass is 10.0. The van der Waals surface area contributed by atoms with E-state index in [0.717, 1.165) is 30.2 Å². The third-order valence-corrected chi connectivity index (χ3v) is 4.10. The van der Waals surface area contributed by atoms with E-state index < -0.39 is 0 Å². The highest BCUT2D eigenvalue weighted by Gasteiger charge is 2.15. The molecule has 120 valence electrons. The van der Waals surface area contributed by atoms with Gasteiger partial charge in [-0.2, -0.15) is 0 Å². The zero-order valence-electron chi connectivity index (χ0n) is 13.7. The second kappa shape index (κ2) is 7.29. The van der Waals surface area contributed by atoms with Gasteiger partial charge >= 0.3 is 0 Å². The van der Waals surface area contributed by atoms with Crippen LogP contribution in [0.1, 0.15) is 35.9 Å². The predicted octanol–water partition coefficient (Wildman–Crippen LogP) is 3.65. The molecule has 23 heavy (non-hydrogen) atoms. The van der Waals surface area contributed by atoms with E-state index in [4.69, 9.17) is 4.42 Å². The van der Waals surface area contributed by atoms with Crippen LogP contribution in [0.2, 0.25) is 0 Å². The van der Waals surface area contributed by atoms with Crippen molar-refractivity contribution < 1.29 is 4.42 Å². The number of aryl methyl sites for hydroxylation is 2. The number of hydrogen-bond acceptors (Lipinski definition) is 3. The van der Waals surface area contributed by atoms with Crippen molar-refractivity contribution in [2.24, 2.45) is 7.05 Å². The maximum absolute atomic E-state index is 5.79. The van der Waals surface area contributed by atoms with Crippen molar-refractivity contribution >= 4 is 0 Å². The molecule has 1 atom stereocenters. The van der Waals surface area contributed by atoms with Crippen LogP contribution >= 0.6 is 0 Å². The van der Waals surface area contributed by atoms with Crippen molar-refractivity contribution in [3.8, 4) is 0 Å². The van der Waals surface area contributed by atoms with Crippen molar-refractivity contribution in [1.29, 1.82) is 0 Å². The molecule has 3 aromatic rings. The van der Waals surface area contributed by atoms with Gasteiger partial charge in [0.1, 0.15) is 17.3 Å². The van der Waals surface area contributed by atoms with E-state index in [-0.39, 0.29) is 6.04 Å². The van der Waals surface area contributed by atoms with E-state index in [1.807, 2.05) is 31.6 Å². The van der Waals surface area contributed by atoms with Gasteiger partial charge in [0.05, 0.1) is 6.54 Å². The van der Waals surface area contributed by atoms with Crippen molar-refractivity contribution in [3.05, 3.63) is 77.8 Å². The van der Waals surface area contributed by atoms with Crippen LogP contribution in [0.5, 0.6) is 0 Å². The number of nitrogens with zero attached hydrogens (tertiary/aromatic N) is 2. The lowest BCUT2D eigenvalue weighted by molar-refractivity contribution is 0.423. The minimum absolute atomic E-state index is 0.201. The summed E-state index contributed by atoms with van der Waals surface area (Å²) in [4.78, 5) is 4.45. The van der Waals surface area contributed by atoms with Gasteiger partial charge in [0.15, 0.2) is 0 Å². The molecule has 1 N–H and O–H groups in total. The molecule has 0 spiro atoms. The molecule has 0 radical (unpaired) electrons. The molecule has 1 aromatic carbocycles. The number of aromatic nitrogens is 2. The fourth-order valence-electron chi connectivity index (χ4n) is 2.70. The Balaban J connectivity index is 1.73. The van der Waals surface area contributed by atoms with Crippen LogP contribution in [-0.2, 0) is 26.4 Å². The van der Waals surface area contributed by atoms with E-state index in [9.17, 15) is 0 Å². The molecule has 0 bridgehead atoms. The largest absolute Gasteiger partial charge is 0.465 e. The van der Waals surface area contributed by atoms with Crippen LogP contribution in [0.15, 0.2) is 59.3 Å². The number of benzene rings is 1. The summed E-state index contributed by atoms with van der Waals surface area (Å²) >= 11 is 0. The van der Waals surface area contributed by atoms with Crippen molar-refractivity contribution in [2.45, 2.75) is 32.4 Å². The van der Waals surface area contributed by atoms with Gasteiger partial charge in [-0.1, -0.05) is 37.3 Å². The monoisotopic (exact) mass is 309 g/mol. The molecule has 2 heterocycles. The Morgan fingerprint density at radius 1 is 1.13 bits per heavy atom. The summed E-state index contributed by atoms with van der Waals surface area (Å²) in [5, 5.41) is 3.61. The fourth-order valence-corrected chi connectivity index (χ4v) is 2.70. The summed E-state index contributed by atoms with van der Waals surface area (Å²) in [5.74, 6) is 3.07. The molecule has 4 nitrogen and oxygen atoms in total. The third-order valence-electron chi connectivity index (χ3n) is 4.10. The van der Waals surface area contributed by atoms with E-state index in [2.05, 4.69) is 52.1 Å². The quantitative estimate of drug-likeness (QED) is 0.724. The van der Waals surface area contributed by atoms with Gasteiger partial charge in [0.25, 0.3) is 0 Å². The van der Waals surface area contributed by atoms with Crippen molar-refractivity contribution in [2.75, 3.05) is 0 Å². The molecule has 0 fully saturated rings. The average Bonchev–Trinajstić information content (AvgIpc) is 3.21. The highest BCUT2D eigenvalue weighted by atomic mass is 16.3. The molecule has 0 aliphatic rings. The molecule has 4 heteroatoms. The van der Waals surface area contributed by atoms with Crippen LogP contribution < -0.4 is 5.32 Å². The smallest absolute Gasteiger partial charge is 0.117 e. The SMILES string of the molecule is CCc1ccc(CN[C@@H](Cc2nccn2C)c2ccccc2)o1. The Kier molecular flexibility index (Phi) is 4.93. The van der Waals surface area contributed by atoms with Gasteiger partial charge in [-0.15, -0.1) is 0 Å². The van der Waals surface area contributed by atoms with Gasteiger partial charge in [-0.05, 0) is 17.7 Å². The first-order chi connectivity index (χ1) is 11.3. The van der Waals surface area contributed by atoms with Gasteiger partial charge < -0.3 is 14.3 Å². The maximum Gasteiger partial charge on any atom is 0.117 e. The van der Waals surface area contributed by atoms with E-state index in [1.54, 1.807) is 0 Å². The number of nitrogens with one attached hydrogen (secondary N) is 1. The minimum atomic E-state index is 0.201. The fraction of sp³-hybridized carbons (Fsp3) is 0.316. The first-order valence-electron chi connectivity index (χ1n) is 8.08. The maximum atomic E-state index is 5.79. The number of imidazole rings is 1. The standard InChI is InChI=1S/C19H23N3O/c1-3-16-9-10-17(23-16)14-21-18(15-7-5-4-6-8-15)13-19-20-11-12-22(19)2/h4-12,18,21H,3,13-14H2,1-2H3/t18-/m0/s1. The Labute approximate surface area is 137 Å². The minimum Gasteiger partial charge on any atom is -0.465 e. The van der Waals surface area contributed by atoms with Gasteiger partial charge in [0.2, 0.25) is 0 Å². The first-order valence-corrected chi connectivity index (χ1v) is 8.08. The molecular formula is C19H23N3O. The number of hydrogen-bond donors (Lipinski definition) is 1. The molecule has 3 rings (SSSR count). The van der Waals surface area contributed by atoms with Crippen molar-refractivity contribution in [3.63, 3.8) is 0 Å². The van der Waals surface area contributed by atoms with E-state index in [1.165, 1.54) is 5.56 Å². The molecule has 0 saturated carbocycles. The van der Waals surface area contributed by atoms with Gasteiger partial charge in [0, 0.05) is 38.3 Å². The topological polar surface area (TPSA) is 43.0 Å².